The molecule has 2 nitrogen and oxygen atoms in total. The van der Waals surface area contributed by atoms with Crippen molar-refractivity contribution in [3.05, 3.63) is 35.4 Å². The maximum atomic E-state index is 10.5. The van der Waals surface area contributed by atoms with E-state index in [2.05, 4.69) is 38.7 Å². The van der Waals surface area contributed by atoms with Crippen LogP contribution in [0.25, 0.3) is 10.8 Å². The highest BCUT2D eigenvalue weighted by Crippen LogP contribution is 2.48. The van der Waals surface area contributed by atoms with Gasteiger partial charge in [-0.05, 0) is 43.7 Å². The second kappa shape index (κ2) is 5.34. The van der Waals surface area contributed by atoms with Gasteiger partial charge in [0.2, 0.25) is 0 Å². The summed E-state index contributed by atoms with van der Waals surface area (Å²) in [5, 5.41) is 12.7. The molecule has 0 saturated carbocycles. The molecule has 1 heterocycles. The van der Waals surface area contributed by atoms with Crippen LogP contribution in [-0.2, 0) is 6.42 Å². The molecule has 1 aliphatic rings. The second-order valence-electron chi connectivity index (χ2n) is 7.15. The van der Waals surface area contributed by atoms with Crippen molar-refractivity contribution in [2.75, 3.05) is 17.3 Å². The van der Waals surface area contributed by atoms with Crippen molar-refractivity contribution in [1.29, 1.82) is 0 Å². The number of benzene rings is 2. The van der Waals surface area contributed by atoms with Gasteiger partial charge in [-0.1, -0.05) is 25.1 Å². The number of anilines is 1. The number of rotatable bonds is 2. The molecule has 1 atom stereocenters. The lowest BCUT2D eigenvalue weighted by Gasteiger charge is -2.35. The molecule has 0 saturated heterocycles. The summed E-state index contributed by atoms with van der Waals surface area (Å²) in [5.74, 6) is 1.29. The zero-order chi connectivity index (χ0) is 16.1. The van der Waals surface area contributed by atoms with Crippen molar-refractivity contribution >= 4 is 28.1 Å². The van der Waals surface area contributed by atoms with Crippen LogP contribution in [-0.4, -0.2) is 23.1 Å². The number of hydrogen-bond donors (Lipinski definition) is 1. The molecule has 0 aliphatic carbocycles. The van der Waals surface area contributed by atoms with E-state index in [0.717, 1.165) is 24.0 Å². The first kappa shape index (κ1) is 15.5. The molecular weight excluding hydrogens is 294 g/mol. The van der Waals surface area contributed by atoms with Gasteiger partial charge in [0.05, 0.1) is 0 Å². The summed E-state index contributed by atoms with van der Waals surface area (Å²) >= 11 is 6.30. The molecule has 0 aromatic heterocycles. The average molecular weight is 318 g/mol. The third-order valence-electron chi connectivity index (χ3n) is 4.72. The molecule has 1 N–H and O–H groups in total. The summed E-state index contributed by atoms with van der Waals surface area (Å²) in [5.41, 5.74) is 3.76. The minimum atomic E-state index is 0.0107. The molecule has 118 valence electrons. The first-order valence-corrected chi connectivity index (χ1v) is 8.53. The highest BCUT2D eigenvalue weighted by Gasteiger charge is 2.36. The lowest BCUT2D eigenvalue weighted by atomic mass is 9.91. The Balaban J connectivity index is 2.38. The Morgan fingerprint density at radius 2 is 2.05 bits per heavy atom. The van der Waals surface area contributed by atoms with Gasteiger partial charge >= 0.3 is 0 Å². The first-order chi connectivity index (χ1) is 10.4. The molecule has 2 aromatic carbocycles. The van der Waals surface area contributed by atoms with Crippen LogP contribution in [0.15, 0.2) is 24.3 Å². The zero-order valence-corrected chi connectivity index (χ0v) is 14.5. The van der Waals surface area contributed by atoms with Crippen molar-refractivity contribution in [3.63, 3.8) is 0 Å². The van der Waals surface area contributed by atoms with Gasteiger partial charge in [-0.2, -0.15) is 0 Å². The normalized spacial score (nSPS) is 18.0. The maximum absolute atomic E-state index is 10.5. The Morgan fingerprint density at radius 1 is 1.32 bits per heavy atom. The number of aromatic hydroxyl groups is 1. The van der Waals surface area contributed by atoms with Crippen LogP contribution in [0.3, 0.4) is 0 Å². The van der Waals surface area contributed by atoms with Crippen LogP contribution in [0.1, 0.15) is 44.7 Å². The van der Waals surface area contributed by atoms with E-state index >= 15 is 0 Å². The van der Waals surface area contributed by atoms with Gasteiger partial charge < -0.3 is 10.0 Å². The molecular formula is C19H24ClNO. The molecule has 3 heteroatoms. The number of phenolic OH excluding ortho intramolecular Hbond substituents is 1. The lowest BCUT2D eigenvalue weighted by Crippen LogP contribution is -2.40. The topological polar surface area (TPSA) is 23.5 Å². The van der Waals surface area contributed by atoms with Crippen molar-refractivity contribution in [2.45, 2.75) is 45.6 Å². The van der Waals surface area contributed by atoms with E-state index in [0.29, 0.717) is 17.5 Å². The number of phenols is 1. The lowest BCUT2D eigenvalue weighted by molar-refractivity contribution is 0.479. The molecule has 0 radical (unpaired) electrons. The van der Waals surface area contributed by atoms with E-state index < -0.39 is 0 Å². The minimum Gasteiger partial charge on any atom is -0.507 e. The molecule has 1 aliphatic heterocycles. The molecule has 1 unspecified atom stereocenters. The van der Waals surface area contributed by atoms with Gasteiger partial charge in [0.15, 0.2) is 0 Å². The van der Waals surface area contributed by atoms with Crippen LogP contribution in [0.4, 0.5) is 5.69 Å². The second-order valence-corrected chi connectivity index (χ2v) is 7.46. The Bertz CT molecular complexity index is 717. The number of hydrogen-bond acceptors (Lipinski definition) is 2. The zero-order valence-electron chi connectivity index (χ0n) is 13.8. The predicted molar refractivity (Wildman–Crippen MR) is 95.6 cm³/mol. The van der Waals surface area contributed by atoms with Gasteiger partial charge in [0, 0.05) is 41.0 Å². The fraction of sp³-hybridized carbons (Fsp3) is 0.474. The summed E-state index contributed by atoms with van der Waals surface area (Å²) < 4.78 is 0. The van der Waals surface area contributed by atoms with E-state index in [1.165, 1.54) is 16.5 Å². The Labute approximate surface area is 137 Å². The highest BCUT2D eigenvalue weighted by atomic mass is 35.5. The summed E-state index contributed by atoms with van der Waals surface area (Å²) in [7, 11) is 0. The van der Waals surface area contributed by atoms with E-state index in [1.54, 1.807) is 0 Å². The van der Waals surface area contributed by atoms with Crippen LogP contribution >= 0.6 is 11.6 Å². The van der Waals surface area contributed by atoms with Crippen molar-refractivity contribution in [1.82, 2.24) is 0 Å². The molecule has 0 fully saturated rings. The Hall–Kier alpha value is -1.41. The van der Waals surface area contributed by atoms with Gasteiger partial charge in [-0.3, -0.25) is 0 Å². The number of nitrogens with zero attached hydrogens (tertiary/aromatic N) is 1. The van der Waals surface area contributed by atoms with E-state index in [1.807, 2.05) is 18.2 Å². The molecule has 3 rings (SSSR count). The van der Waals surface area contributed by atoms with Crippen LogP contribution in [0.5, 0.6) is 5.75 Å². The third-order valence-corrected chi connectivity index (χ3v) is 5.10. The molecule has 0 amide bonds. The fourth-order valence-electron chi connectivity index (χ4n) is 3.65. The van der Waals surface area contributed by atoms with Crippen molar-refractivity contribution in [2.24, 2.45) is 0 Å². The average Bonchev–Trinajstić information content (AvgIpc) is 2.85. The smallest absolute Gasteiger partial charge is 0.125 e. The van der Waals surface area contributed by atoms with Crippen LogP contribution < -0.4 is 4.90 Å². The standard InChI is InChI=1S/C19H24ClNO/c1-5-12-7-6-8-14-16(22)9-15-18(17(12)14)13(10-20)11-21(15)19(2,3)4/h6-9,13,22H,5,10-11H2,1-4H3. The van der Waals surface area contributed by atoms with E-state index in [4.69, 9.17) is 11.6 Å². The predicted octanol–water partition coefficient (Wildman–Crippen LogP) is 5.05. The third kappa shape index (κ3) is 2.25. The van der Waals surface area contributed by atoms with Crippen LogP contribution in [0.2, 0.25) is 0 Å². The highest BCUT2D eigenvalue weighted by molar-refractivity contribution is 6.19. The van der Waals surface area contributed by atoms with E-state index in [9.17, 15) is 5.11 Å². The summed E-state index contributed by atoms with van der Waals surface area (Å²) in [4.78, 5) is 2.38. The number of aryl methyl sites for hydroxylation is 1. The molecule has 2 aromatic rings. The molecule has 22 heavy (non-hydrogen) atoms. The van der Waals surface area contributed by atoms with Gasteiger partial charge in [0.1, 0.15) is 5.75 Å². The monoisotopic (exact) mass is 317 g/mol. The summed E-state index contributed by atoms with van der Waals surface area (Å²) in [6.07, 6.45) is 0.956. The number of fused-ring (bicyclic) bond motifs is 3. The van der Waals surface area contributed by atoms with E-state index in [-0.39, 0.29) is 5.54 Å². The summed E-state index contributed by atoms with van der Waals surface area (Å²) in [6, 6.07) is 8.12. The minimum absolute atomic E-state index is 0.0107. The first-order valence-electron chi connectivity index (χ1n) is 7.99. The Kier molecular flexibility index (Phi) is 3.76. The fourth-order valence-corrected chi connectivity index (χ4v) is 3.90. The SMILES string of the molecule is CCc1cccc2c(O)cc3c(c12)C(CCl)CN3C(C)(C)C. The quantitative estimate of drug-likeness (QED) is 0.784. The van der Waals surface area contributed by atoms with Crippen molar-refractivity contribution in [3.8, 4) is 5.75 Å². The van der Waals surface area contributed by atoms with Gasteiger partial charge in [-0.15, -0.1) is 11.6 Å². The number of halogens is 1. The molecule has 0 bridgehead atoms. The van der Waals surface area contributed by atoms with Crippen LogP contribution in [0, 0.1) is 0 Å². The maximum Gasteiger partial charge on any atom is 0.125 e. The molecule has 0 spiro atoms. The Morgan fingerprint density at radius 3 is 2.64 bits per heavy atom. The van der Waals surface area contributed by atoms with Gasteiger partial charge in [-0.25, -0.2) is 0 Å². The number of alkyl halides is 1. The summed E-state index contributed by atoms with van der Waals surface area (Å²) in [6.45, 7) is 9.71. The largest absolute Gasteiger partial charge is 0.507 e. The van der Waals surface area contributed by atoms with Gasteiger partial charge in [0.25, 0.3) is 0 Å². The van der Waals surface area contributed by atoms with Crippen molar-refractivity contribution < 1.29 is 5.11 Å².